The van der Waals surface area contributed by atoms with E-state index >= 15 is 0 Å². The first-order chi connectivity index (χ1) is 13.3. The Morgan fingerprint density at radius 3 is 2.14 bits per heavy atom. The zero-order chi connectivity index (χ0) is 20.2. The molecule has 0 bridgehead atoms. The van der Waals surface area contributed by atoms with Crippen molar-refractivity contribution < 1.29 is 25.9 Å². The van der Waals surface area contributed by atoms with Crippen molar-refractivity contribution in [2.24, 2.45) is 0 Å². The fourth-order valence-electron chi connectivity index (χ4n) is 2.48. The first-order valence-corrected chi connectivity index (χ1v) is 9.51. The minimum atomic E-state index is -5.80. The third-order valence-corrected chi connectivity index (χ3v) is 4.71. The number of hydrogen-bond acceptors (Lipinski definition) is 5. The lowest BCUT2D eigenvalue weighted by molar-refractivity contribution is -0.0527. The number of alkyl halides is 3. The summed E-state index contributed by atoms with van der Waals surface area (Å²) >= 11 is 0. The van der Waals surface area contributed by atoms with E-state index in [0.717, 1.165) is 16.7 Å². The van der Waals surface area contributed by atoms with Gasteiger partial charge in [0.25, 0.3) is 0 Å². The largest absolute Gasteiger partial charge is 0.525 e. The molecule has 0 atom stereocenters. The molecule has 0 fully saturated rings. The maximum atomic E-state index is 12.5. The number of nitrogens with one attached hydrogen (secondary N) is 1. The highest BCUT2D eigenvalue weighted by atomic mass is 32.2. The Balaban J connectivity index is 1.94. The lowest BCUT2D eigenvalue weighted by atomic mass is 10.0. The van der Waals surface area contributed by atoms with E-state index in [1.165, 1.54) is 6.20 Å². The number of pyridine rings is 1. The molecule has 3 rings (SSSR count). The van der Waals surface area contributed by atoms with Crippen LogP contribution in [0.4, 0.5) is 19.0 Å². The van der Waals surface area contributed by atoms with E-state index in [4.69, 9.17) is 0 Å². The summed E-state index contributed by atoms with van der Waals surface area (Å²) < 4.78 is 63.7. The van der Waals surface area contributed by atoms with Gasteiger partial charge in [-0.1, -0.05) is 60.7 Å². The second kappa shape index (κ2) is 7.99. The lowest BCUT2D eigenvalue weighted by Crippen LogP contribution is -2.28. The number of anilines is 1. The van der Waals surface area contributed by atoms with Crippen LogP contribution in [-0.4, -0.2) is 18.9 Å². The molecule has 5 nitrogen and oxygen atoms in total. The highest BCUT2D eigenvalue weighted by molar-refractivity contribution is 7.87. The molecule has 0 spiro atoms. The Labute approximate surface area is 159 Å². The number of rotatable bonds is 6. The highest BCUT2D eigenvalue weighted by Crippen LogP contribution is 2.28. The van der Waals surface area contributed by atoms with Crippen LogP contribution >= 0.6 is 0 Å². The Morgan fingerprint density at radius 2 is 1.54 bits per heavy atom. The van der Waals surface area contributed by atoms with Crippen LogP contribution in [-0.2, 0) is 20.8 Å². The first-order valence-electron chi connectivity index (χ1n) is 8.10. The van der Waals surface area contributed by atoms with Crippen molar-refractivity contribution in [3.63, 3.8) is 0 Å². The Kier molecular flexibility index (Phi) is 5.66. The smallest absolute Gasteiger partial charge is 0.236 e. The van der Waals surface area contributed by atoms with Crippen LogP contribution < -0.4 is 5.48 Å². The number of hydrogen-bond donors (Lipinski definition) is 1. The summed E-state index contributed by atoms with van der Waals surface area (Å²) in [5.74, 6) is -0.114. The first kappa shape index (κ1) is 19.8. The molecule has 0 saturated carbocycles. The molecule has 28 heavy (non-hydrogen) atoms. The summed E-state index contributed by atoms with van der Waals surface area (Å²) in [6.07, 6.45) is 1.74. The molecule has 1 N–H and O–H groups in total. The van der Waals surface area contributed by atoms with E-state index in [9.17, 15) is 21.6 Å². The van der Waals surface area contributed by atoms with Gasteiger partial charge >= 0.3 is 15.6 Å². The Hall–Kier alpha value is -2.91. The van der Waals surface area contributed by atoms with E-state index in [1.54, 1.807) is 6.07 Å². The maximum Gasteiger partial charge on any atom is 0.525 e. The fourth-order valence-corrected chi connectivity index (χ4v) is 2.77. The van der Waals surface area contributed by atoms with E-state index in [-0.39, 0.29) is 5.82 Å². The van der Waals surface area contributed by atoms with Gasteiger partial charge in [0.05, 0.1) is 0 Å². The molecule has 0 aliphatic carbocycles. The molecule has 1 heterocycles. The normalized spacial score (nSPS) is 12.0. The van der Waals surface area contributed by atoms with Crippen LogP contribution in [0, 0.1) is 0 Å². The topological polar surface area (TPSA) is 68.3 Å². The molecule has 9 heteroatoms. The van der Waals surface area contributed by atoms with Gasteiger partial charge in [-0.2, -0.15) is 21.6 Å². The van der Waals surface area contributed by atoms with Crippen molar-refractivity contribution in [2.75, 3.05) is 5.48 Å². The second-order valence-electron chi connectivity index (χ2n) is 5.85. The second-order valence-corrected chi connectivity index (χ2v) is 7.38. The third kappa shape index (κ3) is 4.68. The minimum Gasteiger partial charge on any atom is -0.236 e. The number of aromatic nitrogens is 1. The summed E-state index contributed by atoms with van der Waals surface area (Å²) in [5.41, 5.74) is -0.757. The van der Waals surface area contributed by atoms with Gasteiger partial charge in [0.15, 0.2) is 5.82 Å². The summed E-state index contributed by atoms with van der Waals surface area (Å²) in [4.78, 5) is 4.07. The lowest BCUT2D eigenvalue weighted by Gasteiger charge is -2.14. The van der Waals surface area contributed by atoms with Gasteiger partial charge in [-0.15, -0.1) is 4.28 Å². The predicted octanol–water partition coefficient (Wildman–Crippen LogP) is 4.53. The van der Waals surface area contributed by atoms with Gasteiger partial charge < -0.3 is 0 Å². The molecule has 1 aromatic heterocycles. The number of nitrogens with zero attached hydrogens (tertiary/aromatic N) is 1. The van der Waals surface area contributed by atoms with Crippen LogP contribution in [0.3, 0.4) is 0 Å². The van der Waals surface area contributed by atoms with Gasteiger partial charge in [-0.05, 0) is 17.2 Å². The Bertz CT molecular complexity index is 1040. The van der Waals surface area contributed by atoms with Crippen molar-refractivity contribution >= 4 is 15.9 Å². The molecule has 0 amide bonds. The average Bonchev–Trinajstić information content (AvgIpc) is 2.67. The maximum absolute atomic E-state index is 12.5. The fraction of sp³-hybridized carbons (Fsp3) is 0.105. The van der Waals surface area contributed by atoms with E-state index in [0.29, 0.717) is 12.0 Å². The van der Waals surface area contributed by atoms with Gasteiger partial charge in [0.2, 0.25) is 0 Å². The van der Waals surface area contributed by atoms with Crippen LogP contribution in [0.15, 0.2) is 72.9 Å². The van der Waals surface area contributed by atoms with Gasteiger partial charge in [0, 0.05) is 23.7 Å². The molecule has 3 aromatic rings. The SMILES string of the molecule is O=S(=O)(ONc1ncc(-c2ccccc2)cc1Cc1ccccc1)C(F)(F)F. The monoisotopic (exact) mass is 408 g/mol. The molecular weight excluding hydrogens is 393 g/mol. The van der Waals surface area contributed by atoms with Crippen LogP contribution in [0.25, 0.3) is 11.1 Å². The van der Waals surface area contributed by atoms with Gasteiger partial charge in [0.1, 0.15) is 0 Å². The molecule has 0 unspecified atom stereocenters. The molecule has 0 radical (unpaired) electrons. The molecule has 0 saturated heterocycles. The van der Waals surface area contributed by atoms with E-state index < -0.39 is 15.6 Å². The van der Waals surface area contributed by atoms with E-state index in [1.807, 2.05) is 66.1 Å². The van der Waals surface area contributed by atoms with Gasteiger partial charge in [-0.3, -0.25) is 0 Å². The summed E-state index contributed by atoms with van der Waals surface area (Å²) in [5, 5.41) is 0. The summed E-state index contributed by atoms with van der Waals surface area (Å²) in [6.45, 7) is 0. The highest BCUT2D eigenvalue weighted by Gasteiger charge is 2.48. The zero-order valence-electron chi connectivity index (χ0n) is 14.3. The standard InChI is InChI=1S/C19H15F3N2O3S/c20-19(21,22)28(25,26)27-24-18-16(11-14-7-3-1-4-8-14)12-17(13-23-18)15-9-5-2-6-10-15/h1-10,12-13H,11H2,(H,23,24). The number of benzene rings is 2. The van der Waals surface area contributed by atoms with Crippen molar-refractivity contribution in [3.8, 4) is 11.1 Å². The molecule has 0 aliphatic rings. The third-order valence-electron chi connectivity index (χ3n) is 3.84. The van der Waals surface area contributed by atoms with Crippen LogP contribution in [0.2, 0.25) is 0 Å². The predicted molar refractivity (Wildman–Crippen MR) is 98.6 cm³/mol. The molecule has 2 aromatic carbocycles. The van der Waals surface area contributed by atoms with E-state index in [2.05, 4.69) is 9.27 Å². The molecule has 0 aliphatic heterocycles. The minimum absolute atomic E-state index is 0.114. The zero-order valence-corrected chi connectivity index (χ0v) is 15.2. The van der Waals surface area contributed by atoms with Crippen molar-refractivity contribution in [1.29, 1.82) is 0 Å². The van der Waals surface area contributed by atoms with Crippen LogP contribution in [0.5, 0.6) is 0 Å². The van der Waals surface area contributed by atoms with Crippen molar-refractivity contribution in [2.45, 2.75) is 11.9 Å². The molecular formula is C19H15F3N2O3S. The number of halogens is 3. The van der Waals surface area contributed by atoms with Crippen molar-refractivity contribution in [1.82, 2.24) is 4.98 Å². The molecule has 146 valence electrons. The summed E-state index contributed by atoms with van der Waals surface area (Å²) in [6, 6.07) is 20.1. The summed E-state index contributed by atoms with van der Waals surface area (Å²) in [7, 11) is -5.80. The van der Waals surface area contributed by atoms with Gasteiger partial charge in [-0.25, -0.2) is 10.5 Å². The van der Waals surface area contributed by atoms with Crippen LogP contribution in [0.1, 0.15) is 11.1 Å². The van der Waals surface area contributed by atoms with Crippen molar-refractivity contribution in [3.05, 3.63) is 84.1 Å². The Morgan fingerprint density at radius 1 is 0.929 bits per heavy atom. The quantitative estimate of drug-likeness (QED) is 0.479. The average molecular weight is 408 g/mol.